The Hall–Kier alpha value is -0.700. The second kappa shape index (κ2) is 5.12. The maximum absolute atomic E-state index is 5.81. The number of anilines is 2. The van der Waals surface area contributed by atoms with Gasteiger partial charge in [0, 0.05) is 11.0 Å². The lowest BCUT2D eigenvalue weighted by Gasteiger charge is -2.10. The maximum Gasteiger partial charge on any atom is 0.0718 e. The van der Waals surface area contributed by atoms with Gasteiger partial charge in [-0.1, -0.05) is 19.4 Å². The molecule has 0 aliphatic rings. The van der Waals surface area contributed by atoms with Crippen LogP contribution in [0.3, 0.4) is 0 Å². The lowest BCUT2D eigenvalue weighted by Crippen LogP contribution is -2.04. The quantitative estimate of drug-likeness (QED) is 0.629. The van der Waals surface area contributed by atoms with Gasteiger partial charge in [0.1, 0.15) is 0 Å². The number of hydrogen-bond acceptors (Lipinski definition) is 2. The van der Waals surface area contributed by atoms with Crippen molar-refractivity contribution in [2.75, 3.05) is 17.6 Å². The van der Waals surface area contributed by atoms with E-state index in [2.05, 4.69) is 28.2 Å². The van der Waals surface area contributed by atoms with Crippen LogP contribution in [-0.2, 0) is 0 Å². The summed E-state index contributed by atoms with van der Waals surface area (Å²) in [5, 5.41) is 3.31. The molecule has 0 aliphatic carbocycles. The number of para-hydroxylation sites is 1. The molecule has 1 aromatic rings. The van der Waals surface area contributed by atoms with E-state index in [1.54, 1.807) is 0 Å². The lowest BCUT2D eigenvalue weighted by atomic mass is 10.2. The van der Waals surface area contributed by atoms with E-state index in [9.17, 15) is 0 Å². The Morgan fingerprint density at radius 1 is 1.46 bits per heavy atom. The monoisotopic (exact) mass is 242 g/mol. The van der Waals surface area contributed by atoms with Crippen LogP contribution < -0.4 is 11.1 Å². The third-order valence-electron chi connectivity index (χ3n) is 1.88. The highest BCUT2D eigenvalue weighted by Crippen LogP contribution is 2.27. The molecule has 72 valence electrons. The van der Waals surface area contributed by atoms with Gasteiger partial charge in [-0.05, 0) is 34.5 Å². The second-order valence-corrected chi connectivity index (χ2v) is 3.84. The third-order valence-corrected chi connectivity index (χ3v) is 2.54. The summed E-state index contributed by atoms with van der Waals surface area (Å²) < 4.78 is 1.03. The lowest BCUT2D eigenvalue weighted by molar-refractivity contribution is 0.834. The largest absolute Gasteiger partial charge is 0.397 e. The molecule has 0 heterocycles. The summed E-state index contributed by atoms with van der Waals surface area (Å²) in [6.45, 7) is 3.15. The van der Waals surface area contributed by atoms with Gasteiger partial charge in [-0.2, -0.15) is 0 Å². The molecule has 0 aromatic heterocycles. The Morgan fingerprint density at radius 2 is 2.23 bits per heavy atom. The summed E-state index contributed by atoms with van der Waals surface area (Å²) >= 11 is 3.46. The van der Waals surface area contributed by atoms with Gasteiger partial charge in [0.15, 0.2) is 0 Å². The molecule has 0 amide bonds. The minimum Gasteiger partial charge on any atom is -0.397 e. The molecule has 0 saturated carbocycles. The van der Waals surface area contributed by atoms with Gasteiger partial charge >= 0.3 is 0 Å². The fraction of sp³-hybridized carbons (Fsp3) is 0.400. The van der Waals surface area contributed by atoms with E-state index in [4.69, 9.17) is 5.73 Å². The first kappa shape index (κ1) is 10.4. The molecular weight excluding hydrogens is 228 g/mol. The van der Waals surface area contributed by atoms with Gasteiger partial charge in [0.2, 0.25) is 0 Å². The molecule has 0 saturated heterocycles. The minimum atomic E-state index is 0.797. The van der Waals surface area contributed by atoms with E-state index >= 15 is 0 Å². The fourth-order valence-corrected chi connectivity index (χ4v) is 1.64. The van der Waals surface area contributed by atoms with Crippen LogP contribution in [0.2, 0.25) is 0 Å². The molecule has 2 nitrogen and oxygen atoms in total. The van der Waals surface area contributed by atoms with Crippen LogP contribution in [0.5, 0.6) is 0 Å². The Balaban J connectivity index is 2.64. The molecule has 0 aliphatic heterocycles. The van der Waals surface area contributed by atoms with E-state index in [0.29, 0.717) is 0 Å². The van der Waals surface area contributed by atoms with E-state index in [0.717, 1.165) is 22.4 Å². The van der Waals surface area contributed by atoms with Crippen molar-refractivity contribution in [1.82, 2.24) is 0 Å². The van der Waals surface area contributed by atoms with Crippen LogP contribution in [0.1, 0.15) is 19.8 Å². The number of nitrogens with two attached hydrogens (primary N) is 1. The predicted octanol–water partition coefficient (Wildman–Crippen LogP) is 3.24. The van der Waals surface area contributed by atoms with Crippen molar-refractivity contribution in [3.8, 4) is 0 Å². The summed E-state index contributed by atoms with van der Waals surface area (Å²) in [4.78, 5) is 0. The molecule has 0 bridgehead atoms. The maximum atomic E-state index is 5.81. The second-order valence-electron chi connectivity index (χ2n) is 2.98. The summed E-state index contributed by atoms with van der Waals surface area (Å²) in [6, 6.07) is 5.83. The SMILES string of the molecule is CCCCNc1c(N)cccc1Br. The molecule has 1 aromatic carbocycles. The highest BCUT2D eigenvalue weighted by atomic mass is 79.9. The topological polar surface area (TPSA) is 38.0 Å². The molecule has 0 fully saturated rings. The molecule has 3 heteroatoms. The number of unbranched alkanes of at least 4 members (excludes halogenated alkanes) is 1. The highest BCUT2D eigenvalue weighted by molar-refractivity contribution is 9.10. The number of nitrogen functional groups attached to an aromatic ring is 1. The van der Waals surface area contributed by atoms with E-state index in [1.165, 1.54) is 12.8 Å². The highest BCUT2D eigenvalue weighted by Gasteiger charge is 2.01. The zero-order chi connectivity index (χ0) is 9.68. The standard InChI is InChI=1S/C10H15BrN2/c1-2-3-7-13-10-8(11)5-4-6-9(10)12/h4-6,13H,2-3,7,12H2,1H3. The molecule has 0 spiro atoms. The van der Waals surface area contributed by atoms with Gasteiger partial charge < -0.3 is 11.1 Å². The van der Waals surface area contributed by atoms with Crippen LogP contribution in [0, 0.1) is 0 Å². The van der Waals surface area contributed by atoms with Gasteiger partial charge in [-0.25, -0.2) is 0 Å². The van der Waals surface area contributed by atoms with Gasteiger partial charge in [-0.15, -0.1) is 0 Å². The predicted molar refractivity (Wildman–Crippen MR) is 62.0 cm³/mol. The van der Waals surface area contributed by atoms with Crippen molar-refractivity contribution in [2.24, 2.45) is 0 Å². The zero-order valence-electron chi connectivity index (χ0n) is 7.81. The van der Waals surface area contributed by atoms with Gasteiger partial charge in [-0.3, -0.25) is 0 Å². The molecule has 0 unspecified atom stereocenters. The van der Waals surface area contributed by atoms with Crippen molar-refractivity contribution < 1.29 is 0 Å². The minimum absolute atomic E-state index is 0.797. The molecule has 0 atom stereocenters. The number of hydrogen-bond donors (Lipinski definition) is 2. The smallest absolute Gasteiger partial charge is 0.0718 e. The fourth-order valence-electron chi connectivity index (χ4n) is 1.12. The van der Waals surface area contributed by atoms with Crippen molar-refractivity contribution in [2.45, 2.75) is 19.8 Å². The van der Waals surface area contributed by atoms with Crippen molar-refractivity contribution >= 4 is 27.3 Å². The average Bonchev–Trinajstić information content (AvgIpc) is 2.10. The van der Waals surface area contributed by atoms with Crippen LogP contribution >= 0.6 is 15.9 Å². The molecule has 1 rings (SSSR count). The summed E-state index contributed by atoms with van der Waals surface area (Å²) in [7, 11) is 0. The molecule has 3 N–H and O–H groups in total. The van der Waals surface area contributed by atoms with E-state index in [-0.39, 0.29) is 0 Å². The Labute approximate surface area is 87.6 Å². The normalized spacial score (nSPS) is 10.0. The molecular formula is C10H15BrN2. The first-order chi connectivity index (χ1) is 6.25. The van der Waals surface area contributed by atoms with Crippen molar-refractivity contribution in [3.63, 3.8) is 0 Å². The van der Waals surface area contributed by atoms with Crippen molar-refractivity contribution in [3.05, 3.63) is 22.7 Å². The molecule has 0 radical (unpaired) electrons. The first-order valence-electron chi connectivity index (χ1n) is 4.53. The van der Waals surface area contributed by atoms with E-state index in [1.807, 2.05) is 18.2 Å². The number of benzene rings is 1. The average molecular weight is 243 g/mol. The van der Waals surface area contributed by atoms with Crippen LogP contribution in [0.25, 0.3) is 0 Å². The molecule has 13 heavy (non-hydrogen) atoms. The summed E-state index contributed by atoms with van der Waals surface area (Å²) in [6.07, 6.45) is 2.36. The van der Waals surface area contributed by atoms with Gasteiger partial charge in [0.05, 0.1) is 11.4 Å². The van der Waals surface area contributed by atoms with Crippen molar-refractivity contribution in [1.29, 1.82) is 0 Å². The Morgan fingerprint density at radius 3 is 2.85 bits per heavy atom. The van der Waals surface area contributed by atoms with E-state index < -0.39 is 0 Å². The third kappa shape index (κ3) is 2.92. The van der Waals surface area contributed by atoms with Crippen LogP contribution in [-0.4, -0.2) is 6.54 Å². The Kier molecular flexibility index (Phi) is 4.09. The summed E-state index contributed by atoms with van der Waals surface area (Å²) in [5.74, 6) is 0. The number of rotatable bonds is 4. The first-order valence-corrected chi connectivity index (χ1v) is 5.33. The number of halogens is 1. The zero-order valence-corrected chi connectivity index (χ0v) is 9.39. The van der Waals surface area contributed by atoms with Gasteiger partial charge in [0.25, 0.3) is 0 Å². The number of nitrogens with one attached hydrogen (secondary N) is 1. The Bertz CT molecular complexity index is 253. The van der Waals surface area contributed by atoms with Crippen LogP contribution in [0.15, 0.2) is 22.7 Å². The summed E-state index contributed by atoms with van der Waals surface area (Å²) in [5.41, 5.74) is 7.62. The van der Waals surface area contributed by atoms with Crippen LogP contribution in [0.4, 0.5) is 11.4 Å².